The molecular formula is C30H33N3O4. The number of carbonyl (C=O) groups excluding carboxylic acids is 2. The van der Waals surface area contributed by atoms with Crippen molar-refractivity contribution in [3.8, 4) is 11.5 Å². The van der Waals surface area contributed by atoms with Crippen LogP contribution in [-0.2, 0) is 11.2 Å². The van der Waals surface area contributed by atoms with Gasteiger partial charge in [0.2, 0.25) is 5.91 Å². The van der Waals surface area contributed by atoms with Gasteiger partial charge in [-0.2, -0.15) is 0 Å². The van der Waals surface area contributed by atoms with Gasteiger partial charge in [0, 0.05) is 42.1 Å². The Morgan fingerprint density at radius 2 is 1.73 bits per heavy atom. The van der Waals surface area contributed by atoms with E-state index in [1.54, 1.807) is 32.4 Å². The largest absolute Gasteiger partial charge is 0.493 e. The predicted molar refractivity (Wildman–Crippen MR) is 146 cm³/mol. The maximum Gasteiger partial charge on any atom is 0.258 e. The molecule has 2 aliphatic heterocycles. The van der Waals surface area contributed by atoms with Crippen LogP contribution in [-0.4, -0.2) is 38.6 Å². The third kappa shape index (κ3) is 4.61. The van der Waals surface area contributed by atoms with E-state index in [2.05, 4.69) is 35.3 Å². The van der Waals surface area contributed by atoms with E-state index in [-0.39, 0.29) is 23.9 Å². The lowest BCUT2D eigenvalue weighted by Gasteiger charge is -2.46. The normalized spacial score (nSPS) is 18.5. The SMILES string of the molecule is COc1ccc(C(=O)N2c3ccccc3C(N3CCCc4cc(NC(C)=O)ccc43)CC2C)cc1OC. The van der Waals surface area contributed by atoms with E-state index in [4.69, 9.17) is 9.47 Å². The van der Waals surface area contributed by atoms with Crippen molar-refractivity contribution in [2.24, 2.45) is 0 Å². The third-order valence-electron chi connectivity index (χ3n) is 7.34. The highest BCUT2D eigenvalue weighted by molar-refractivity contribution is 6.07. The molecule has 0 saturated heterocycles. The van der Waals surface area contributed by atoms with E-state index in [1.165, 1.54) is 18.2 Å². The monoisotopic (exact) mass is 499 g/mol. The molecule has 0 bridgehead atoms. The molecule has 2 atom stereocenters. The fourth-order valence-electron chi connectivity index (χ4n) is 5.73. The highest BCUT2D eigenvalue weighted by atomic mass is 16.5. The quantitative estimate of drug-likeness (QED) is 0.495. The topological polar surface area (TPSA) is 71.1 Å². The summed E-state index contributed by atoms with van der Waals surface area (Å²) in [5, 5.41) is 2.90. The van der Waals surface area contributed by atoms with Crippen molar-refractivity contribution in [2.75, 3.05) is 35.9 Å². The smallest absolute Gasteiger partial charge is 0.258 e. The van der Waals surface area contributed by atoms with Crippen LogP contribution in [0.25, 0.3) is 0 Å². The summed E-state index contributed by atoms with van der Waals surface area (Å²) < 4.78 is 10.8. The van der Waals surface area contributed by atoms with E-state index >= 15 is 0 Å². The average molecular weight is 500 g/mol. The molecule has 37 heavy (non-hydrogen) atoms. The fraction of sp³-hybridized carbons (Fsp3) is 0.333. The Kier molecular flexibility index (Phi) is 6.78. The van der Waals surface area contributed by atoms with Crippen molar-refractivity contribution >= 4 is 28.9 Å². The Morgan fingerprint density at radius 1 is 0.946 bits per heavy atom. The molecule has 2 amide bonds. The third-order valence-corrected chi connectivity index (χ3v) is 7.34. The number of nitrogens with zero attached hydrogens (tertiary/aromatic N) is 2. The first-order valence-corrected chi connectivity index (χ1v) is 12.7. The van der Waals surface area contributed by atoms with Gasteiger partial charge in [0.05, 0.1) is 20.3 Å². The number of ether oxygens (including phenoxy) is 2. The average Bonchev–Trinajstić information content (AvgIpc) is 2.91. The summed E-state index contributed by atoms with van der Waals surface area (Å²) in [4.78, 5) is 29.8. The highest BCUT2D eigenvalue weighted by Crippen LogP contribution is 2.45. The van der Waals surface area contributed by atoms with Crippen LogP contribution in [0, 0.1) is 0 Å². The number of nitrogens with one attached hydrogen (secondary N) is 1. The second kappa shape index (κ2) is 10.2. The van der Waals surface area contributed by atoms with Crippen molar-refractivity contribution < 1.29 is 19.1 Å². The molecule has 0 aliphatic carbocycles. The molecule has 0 aromatic heterocycles. The Morgan fingerprint density at radius 3 is 2.49 bits per heavy atom. The molecule has 0 spiro atoms. The zero-order chi connectivity index (χ0) is 26.1. The van der Waals surface area contributed by atoms with E-state index in [1.807, 2.05) is 29.2 Å². The van der Waals surface area contributed by atoms with Crippen LogP contribution in [0.15, 0.2) is 60.7 Å². The van der Waals surface area contributed by atoms with Crippen molar-refractivity contribution in [3.05, 3.63) is 77.4 Å². The molecule has 1 N–H and O–H groups in total. The number of methoxy groups -OCH3 is 2. The molecule has 7 nitrogen and oxygen atoms in total. The minimum Gasteiger partial charge on any atom is -0.493 e. The molecule has 2 unspecified atom stereocenters. The molecule has 0 saturated carbocycles. The molecule has 3 aromatic carbocycles. The van der Waals surface area contributed by atoms with Crippen LogP contribution >= 0.6 is 0 Å². The zero-order valence-corrected chi connectivity index (χ0v) is 21.8. The number of anilines is 3. The predicted octanol–water partition coefficient (Wildman–Crippen LogP) is 5.60. The fourth-order valence-corrected chi connectivity index (χ4v) is 5.73. The lowest BCUT2D eigenvalue weighted by atomic mass is 9.87. The number of carbonyl (C=O) groups is 2. The molecule has 7 heteroatoms. The first kappa shape index (κ1) is 24.7. The molecule has 2 aliphatic rings. The Hall–Kier alpha value is -4.00. The Bertz CT molecular complexity index is 1340. The van der Waals surface area contributed by atoms with Gasteiger partial charge in [0.1, 0.15) is 0 Å². The molecule has 0 fully saturated rings. The number of amides is 2. The molecule has 0 radical (unpaired) electrons. The number of benzene rings is 3. The number of hydrogen-bond donors (Lipinski definition) is 1. The van der Waals surface area contributed by atoms with Crippen LogP contribution in [0.3, 0.4) is 0 Å². The Labute approximate surface area is 218 Å². The van der Waals surface area contributed by atoms with Gasteiger partial charge in [0.25, 0.3) is 5.91 Å². The van der Waals surface area contributed by atoms with Gasteiger partial charge in [-0.3, -0.25) is 9.59 Å². The Balaban J connectivity index is 1.50. The van der Waals surface area contributed by atoms with Crippen molar-refractivity contribution in [2.45, 2.75) is 45.2 Å². The number of fused-ring (bicyclic) bond motifs is 2. The summed E-state index contributed by atoms with van der Waals surface area (Å²) in [6.07, 6.45) is 2.83. The lowest BCUT2D eigenvalue weighted by molar-refractivity contribution is -0.114. The number of para-hydroxylation sites is 1. The van der Waals surface area contributed by atoms with E-state index in [0.29, 0.717) is 17.1 Å². The summed E-state index contributed by atoms with van der Waals surface area (Å²) in [6, 6.07) is 19.9. The van der Waals surface area contributed by atoms with Crippen LogP contribution in [0.4, 0.5) is 17.1 Å². The van der Waals surface area contributed by atoms with Crippen LogP contribution in [0.5, 0.6) is 11.5 Å². The van der Waals surface area contributed by atoms with Gasteiger partial charge in [-0.1, -0.05) is 18.2 Å². The summed E-state index contributed by atoms with van der Waals surface area (Å²) in [6.45, 7) is 4.59. The van der Waals surface area contributed by atoms with Crippen LogP contribution < -0.4 is 24.6 Å². The molecule has 5 rings (SSSR count). The molecular weight excluding hydrogens is 466 g/mol. The lowest BCUT2D eigenvalue weighted by Crippen LogP contribution is -2.47. The number of aryl methyl sites for hydroxylation is 1. The van der Waals surface area contributed by atoms with Crippen LogP contribution in [0.2, 0.25) is 0 Å². The second-order valence-electron chi connectivity index (χ2n) is 9.73. The second-order valence-corrected chi connectivity index (χ2v) is 9.73. The van der Waals surface area contributed by atoms with Gasteiger partial charge < -0.3 is 24.6 Å². The first-order chi connectivity index (χ1) is 17.9. The summed E-state index contributed by atoms with van der Waals surface area (Å²) in [5.74, 6) is 1.00. The van der Waals surface area contributed by atoms with Gasteiger partial charge in [-0.05, 0) is 79.8 Å². The standard InChI is InChI=1S/C30H33N3O4/c1-19-16-27(32-15-7-8-21-17-23(31-20(2)34)12-13-25(21)32)24-9-5-6-10-26(24)33(19)30(35)22-11-14-28(36-3)29(18-22)37-4/h5-6,9-14,17-19,27H,7-8,15-16H2,1-4H3,(H,31,34). The summed E-state index contributed by atoms with van der Waals surface area (Å²) >= 11 is 0. The number of hydrogen-bond acceptors (Lipinski definition) is 5. The van der Waals surface area contributed by atoms with Crippen molar-refractivity contribution in [1.82, 2.24) is 0 Å². The van der Waals surface area contributed by atoms with E-state index < -0.39 is 0 Å². The highest BCUT2D eigenvalue weighted by Gasteiger charge is 2.38. The molecule has 2 heterocycles. The van der Waals surface area contributed by atoms with E-state index in [9.17, 15) is 9.59 Å². The van der Waals surface area contributed by atoms with Crippen molar-refractivity contribution in [3.63, 3.8) is 0 Å². The maximum atomic E-state index is 13.8. The van der Waals surface area contributed by atoms with Gasteiger partial charge in [-0.25, -0.2) is 0 Å². The van der Waals surface area contributed by atoms with Crippen molar-refractivity contribution in [1.29, 1.82) is 0 Å². The van der Waals surface area contributed by atoms with Gasteiger partial charge in [-0.15, -0.1) is 0 Å². The summed E-state index contributed by atoms with van der Waals surface area (Å²) in [5.41, 5.74) is 5.92. The minimum absolute atomic E-state index is 0.00970. The molecule has 3 aromatic rings. The first-order valence-electron chi connectivity index (χ1n) is 12.7. The zero-order valence-electron chi connectivity index (χ0n) is 21.8. The maximum absolute atomic E-state index is 13.8. The van der Waals surface area contributed by atoms with Crippen LogP contribution in [0.1, 0.15) is 54.2 Å². The van der Waals surface area contributed by atoms with Gasteiger partial charge in [0.15, 0.2) is 11.5 Å². The summed E-state index contributed by atoms with van der Waals surface area (Å²) in [7, 11) is 3.16. The molecule has 192 valence electrons. The number of rotatable bonds is 5. The minimum atomic E-state index is -0.0677. The van der Waals surface area contributed by atoms with E-state index in [0.717, 1.165) is 42.7 Å². The van der Waals surface area contributed by atoms with Gasteiger partial charge >= 0.3 is 0 Å².